The van der Waals surface area contributed by atoms with E-state index < -0.39 is 17.3 Å². The normalized spacial score (nSPS) is 12.8. The number of hydrogen-bond donors (Lipinski definition) is 1. The summed E-state index contributed by atoms with van der Waals surface area (Å²) in [5.41, 5.74) is -0.219. The highest BCUT2D eigenvalue weighted by Gasteiger charge is 2.33. The molecule has 23 heavy (non-hydrogen) atoms. The van der Waals surface area contributed by atoms with Crippen molar-refractivity contribution in [2.45, 2.75) is 12.7 Å². The van der Waals surface area contributed by atoms with Gasteiger partial charge >= 0.3 is 6.18 Å². The number of anilines is 1. The molecule has 0 fully saturated rings. The Labute approximate surface area is 130 Å². The molecule has 2 aromatic rings. The van der Waals surface area contributed by atoms with Gasteiger partial charge in [-0.3, -0.25) is 0 Å². The van der Waals surface area contributed by atoms with Crippen molar-refractivity contribution in [1.82, 2.24) is 0 Å². The Morgan fingerprint density at radius 3 is 2.61 bits per heavy atom. The van der Waals surface area contributed by atoms with Crippen LogP contribution in [0.15, 0.2) is 36.4 Å². The summed E-state index contributed by atoms with van der Waals surface area (Å²) in [6.07, 6.45) is -4.57. The molecule has 1 N–H and O–H groups in total. The zero-order chi connectivity index (χ0) is 16.4. The fourth-order valence-corrected chi connectivity index (χ4v) is 2.24. The van der Waals surface area contributed by atoms with Gasteiger partial charge in [0.1, 0.15) is 0 Å². The summed E-state index contributed by atoms with van der Waals surface area (Å²) >= 11 is 0. The molecule has 0 saturated carbocycles. The zero-order valence-electron chi connectivity index (χ0n) is 11.8. The van der Waals surface area contributed by atoms with Gasteiger partial charge in [-0.25, -0.2) is 0 Å². The average Bonchev–Trinajstić information content (AvgIpc) is 2.99. The van der Waals surface area contributed by atoms with E-state index in [-0.39, 0.29) is 12.5 Å². The Morgan fingerprint density at radius 1 is 1.09 bits per heavy atom. The largest absolute Gasteiger partial charge is 0.454 e. The summed E-state index contributed by atoms with van der Waals surface area (Å²) < 4.78 is 49.2. The van der Waals surface area contributed by atoms with Crippen LogP contribution in [-0.2, 0) is 12.7 Å². The molecule has 0 saturated heterocycles. The average molecular weight is 320 g/mol. The van der Waals surface area contributed by atoms with Crippen LogP contribution in [0.3, 0.4) is 0 Å². The van der Waals surface area contributed by atoms with E-state index in [0.717, 1.165) is 17.7 Å². The summed E-state index contributed by atoms with van der Waals surface area (Å²) in [4.78, 5) is 0. The molecule has 118 valence electrons. The van der Waals surface area contributed by atoms with E-state index >= 15 is 0 Å². The van der Waals surface area contributed by atoms with Gasteiger partial charge in [0.25, 0.3) is 0 Å². The van der Waals surface area contributed by atoms with Crippen molar-refractivity contribution in [3.05, 3.63) is 53.1 Å². The van der Waals surface area contributed by atoms with Gasteiger partial charge in [-0.2, -0.15) is 18.4 Å². The Kier molecular flexibility index (Phi) is 3.74. The highest BCUT2D eigenvalue weighted by atomic mass is 19.4. The van der Waals surface area contributed by atoms with Crippen molar-refractivity contribution in [2.75, 3.05) is 12.1 Å². The number of alkyl halides is 3. The predicted molar refractivity (Wildman–Crippen MR) is 76.1 cm³/mol. The first-order valence-electron chi connectivity index (χ1n) is 6.71. The maximum atomic E-state index is 12.9. The lowest BCUT2D eigenvalue weighted by Gasteiger charge is -2.12. The number of benzene rings is 2. The second kappa shape index (κ2) is 5.72. The third-order valence-corrected chi connectivity index (χ3v) is 3.38. The Balaban J connectivity index is 1.77. The summed E-state index contributed by atoms with van der Waals surface area (Å²) in [7, 11) is 0. The fraction of sp³-hybridized carbons (Fsp3) is 0.188. The minimum Gasteiger partial charge on any atom is -0.454 e. The number of rotatable bonds is 3. The summed E-state index contributed by atoms with van der Waals surface area (Å²) in [6.45, 7) is 0.483. The summed E-state index contributed by atoms with van der Waals surface area (Å²) in [5.74, 6) is 1.26. The molecule has 7 heteroatoms. The van der Waals surface area contributed by atoms with Crippen LogP contribution in [0.1, 0.15) is 16.7 Å². The molecule has 0 spiro atoms. The van der Waals surface area contributed by atoms with Crippen molar-refractivity contribution in [3.8, 4) is 17.6 Å². The van der Waals surface area contributed by atoms with Crippen LogP contribution >= 0.6 is 0 Å². The van der Waals surface area contributed by atoms with E-state index in [1.807, 2.05) is 0 Å². The van der Waals surface area contributed by atoms with Crippen LogP contribution in [0, 0.1) is 11.3 Å². The molecule has 0 amide bonds. The van der Waals surface area contributed by atoms with E-state index in [2.05, 4.69) is 5.32 Å². The molecule has 0 bridgehead atoms. The minimum absolute atomic E-state index is 0.163. The van der Waals surface area contributed by atoms with Crippen LogP contribution in [0.5, 0.6) is 11.5 Å². The van der Waals surface area contributed by atoms with E-state index in [9.17, 15) is 13.2 Å². The lowest BCUT2D eigenvalue weighted by atomic mass is 10.1. The molecule has 3 rings (SSSR count). The molecule has 2 aromatic carbocycles. The number of ether oxygens (including phenoxy) is 2. The second-order valence-corrected chi connectivity index (χ2v) is 4.91. The Morgan fingerprint density at radius 2 is 1.87 bits per heavy atom. The number of fused-ring (bicyclic) bond motifs is 1. The molecule has 1 aliphatic rings. The van der Waals surface area contributed by atoms with Gasteiger partial charge in [-0.15, -0.1) is 0 Å². The maximum Gasteiger partial charge on any atom is 0.417 e. The molecule has 0 radical (unpaired) electrons. The number of nitriles is 1. The van der Waals surface area contributed by atoms with Gasteiger partial charge in [0.15, 0.2) is 11.5 Å². The molecular formula is C16H11F3N2O2. The van der Waals surface area contributed by atoms with Crippen LogP contribution in [0.2, 0.25) is 0 Å². The highest BCUT2D eigenvalue weighted by molar-refractivity contribution is 5.54. The van der Waals surface area contributed by atoms with Gasteiger partial charge in [-0.05, 0) is 35.9 Å². The van der Waals surface area contributed by atoms with Gasteiger partial charge in [0, 0.05) is 12.2 Å². The topological polar surface area (TPSA) is 54.3 Å². The van der Waals surface area contributed by atoms with Crippen molar-refractivity contribution in [1.29, 1.82) is 5.26 Å². The van der Waals surface area contributed by atoms with E-state index in [0.29, 0.717) is 18.0 Å². The van der Waals surface area contributed by atoms with Crippen LogP contribution in [0.4, 0.5) is 18.9 Å². The number of halogens is 3. The lowest BCUT2D eigenvalue weighted by molar-refractivity contribution is -0.137. The SMILES string of the molecule is N#Cc1ccc(NCc2ccc3c(c2)OCO3)cc1C(F)(F)F. The quantitative estimate of drug-likeness (QED) is 0.931. The highest BCUT2D eigenvalue weighted by Crippen LogP contribution is 2.34. The first kappa shape index (κ1) is 15.0. The van der Waals surface area contributed by atoms with Gasteiger partial charge < -0.3 is 14.8 Å². The third kappa shape index (κ3) is 3.16. The van der Waals surface area contributed by atoms with Crippen molar-refractivity contribution in [3.63, 3.8) is 0 Å². The third-order valence-electron chi connectivity index (χ3n) is 3.38. The molecule has 0 aromatic heterocycles. The zero-order valence-corrected chi connectivity index (χ0v) is 11.8. The van der Waals surface area contributed by atoms with Crippen LogP contribution < -0.4 is 14.8 Å². The van der Waals surface area contributed by atoms with E-state index in [1.54, 1.807) is 24.3 Å². The van der Waals surface area contributed by atoms with E-state index in [4.69, 9.17) is 14.7 Å². The standard InChI is InChI=1S/C16H11F3N2O2/c17-16(18,19)13-6-12(3-2-11(13)7-20)21-8-10-1-4-14-15(5-10)23-9-22-14/h1-6,21H,8-9H2. The minimum atomic E-state index is -4.57. The van der Waals surface area contributed by atoms with Gasteiger partial charge in [0.2, 0.25) is 6.79 Å². The van der Waals surface area contributed by atoms with Crippen molar-refractivity contribution < 1.29 is 22.6 Å². The van der Waals surface area contributed by atoms with E-state index in [1.165, 1.54) is 6.07 Å². The van der Waals surface area contributed by atoms with Crippen molar-refractivity contribution >= 4 is 5.69 Å². The molecule has 1 aliphatic heterocycles. The summed E-state index contributed by atoms with van der Waals surface area (Å²) in [6, 6.07) is 10.4. The van der Waals surface area contributed by atoms with Gasteiger partial charge in [-0.1, -0.05) is 6.07 Å². The van der Waals surface area contributed by atoms with Gasteiger partial charge in [0.05, 0.1) is 17.2 Å². The predicted octanol–water partition coefficient (Wildman–Crippen LogP) is 3.92. The molecular weight excluding hydrogens is 309 g/mol. The number of nitrogens with zero attached hydrogens (tertiary/aromatic N) is 1. The molecule has 4 nitrogen and oxygen atoms in total. The fourth-order valence-electron chi connectivity index (χ4n) is 2.24. The Hall–Kier alpha value is -2.88. The van der Waals surface area contributed by atoms with Crippen LogP contribution in [-0.4, -0.2) is 6.79 Å². The van der Waals surface area contributed by atoms with Crippen LogP contribution in [0.25, 0.3) is 0 Å². The molecule has 0 atom stereocenters. The smallest absolute Gasteiger partial charge is 0.417 e. The Bertz CT molecular complexity index is 782. The molecule has 1 heterocycles. The monoisotopic (exact) mass is 320 g/mol. The summed E-state index contributed by atoms with van der Waals surface area (Å²) in [5, 5.41) is 11.7. The van der Waals surface area contributed by atoms with Crippen molar-refractivity contribution in [2.24, 2.45) is 0 Å². The second-order valence-electron chi connectivity index (χ2n) is 4.91. The number of hydrogen-bond acceptors (Lipinski definition) is 4. The molecule has 0 unspecified atom stereocenters. The number of nitrogens with one attached hydrogen (secondary N) is 1. The maximum absolute atomic E-state index is 12.9. The lowest BCUT2D eigenvalue weighted by Crippen LogP contribution is -2.09. The first-order chi connectivity index (χ1) is 11.0. The molecule has 0 aliphatic carbocycles. The first-order valence-corrected chi connectivity index (χ1v) is 6.71.